The molecule has 0 aliphatic heterocycles. The van der Waals surface area contributed by atoms with Crippen LogP contribution in [0.2, 0.25) is 0 Å². The van der Waals surface area contributed by atoms with Crippen molar-refractivity contribution in [1.29, 1.82) is 0 Å². The Morgan fingerprint density at radius 1 is 1.05 bits per heavy atom. The SMILES string of the molecule is CCc1ccc2nc(-c3ccc4c(c3)CCC4)[nH]c2c1. The predicted octanol–water partition coefficient (Wildman–Crippen LogP) is 4.28. The second kappa shape index (κ2) is 4.48. The summed E-state index contributed by atoms with van der Waals surface area (Å²) in [5.74, 6) is 0.989. The van der Waals surface area contributed by atoms with Gasteiger partial charge in [0.25, 0.3) is 0 Å². The predicted molar refractivity (Wildman–Crippen MR) is 82.9 cm³/mol. The Hall–Kier alpha value is -2.09. The molecule has 100 valence electrons. The number of hydrogen-bond acceptors (Lipinski definition) is 1. The lowest BCUT2D eigenvalue weighted by molar-refractivity contribution is 0.912. The van der Waals surface area contributed by atoms with Crippen LogP contribution in [0.4, 0.5) is 0 Å². The van der Waals surface area contributed by atoms with Crippen molar-refractivity contribution in [3.63, 3.8) is 0 Å². The van der Waals surface area contributed by atoms with Gasteiger partial charge in [0.15, 0.2) is 0 Å². The maximum Gasteiger partial charge on any atom is 0.138 e. The molecule has 0 fully saturated rings. The molecule has 1 aliphatic rings. The molecule has 0 atom stereocenters. The molecule has 2 heteroatoms. The summed E-state index contributed by atoms with van der Waals surface area (Å²) in [7, 11) is 0. The van der Waals surface area contributed by atoms with Crippen molar-refractivity contribution in [3.05, 3.63) is 53.1 Å². The molecule has 0 amide bonds. The van der Waals surface area contributed by atoms with Gasteiger partial charge in [-0.25, -0.2) is 4.98 Å². The van der Waals surface area contributed by atoms with E-state index in [2.05, 4.69) is 48.3 Å². The minimum atomic E-state index is 0.989. The number of aromatic nitrogens is 2. The molecule has 4 rings (SSSR count). The first-order valence-corrected chi connectivity index (χ1v) is 7.44. The highest BCUT2D eigenvalue weighted by Crippen LogP contribution is 2.28. The van der Waals surface area contributed by atoms with Crippen molar-refractivity contribution in [1.82, 2.24) is 9.97 Å². The summed E-state index contributed by atoms with van der Waals surface area (Å²) < 4.78 is 0. The van der Waals surface area contributed by atoms with Crippen LogP contribution in [0.25, 0.3) is 22.4 Å². The highest BCUT2D eigenvalue weighted by molar-refractivity contribution is 5.80. The average molecular weight is 262 g/mol. The Balaban J connectivity index is 1.81. The van der Waals surface area contributed by atoms with E-state index in [0.717, 1.165) is 23.3 Å². The molecule has 2 nitrogen and oxygen atoms in total. The van der Waals surface area contributed by atoms with Crippen LogP contribution in [0.1, 0.15) is 30.0 Å². The highest BCUT2D eigenvalue weighted by atomic mass is 14.9. The van der Waals surface area contributed by atoms with E-state index in [4.69, 9.17) is 4.98 Å². The van der Waals surface area contributed by atoms with Crippen LogP contribution < -0.4 is 0 Å². The monoisotopic (exact) mass is 262 g/mol. The van der Waals surface area contributed by atoms with Crippen LogP contribution in [-0.4, -0.2) is 9.97 Å². The van der Waals surface area contributed by atoms with Gasteiger partial charge in [-0.15, -0.1) is 0 Å². The molecule has 3 aromatic rings. The van der Waals surface area contributed by atoms with Crippen LogP contribution >= 0.6 is 0 Å². The molecule has 1 N–H and O–H groups in total. The number of hydrogen-bond donors (Lipinski definition) is 1. The first kappa shape index (κ1) is 11.7. The second-order valence-electron chi connectivity index (χ2n) is 5.63. The molecule has 1 aromatic heterocycles. The van der Waals surface area contributed by atoms with Gasteiger partial charge in [0, 0.05) is 5.56 Å². The molecule has 0 spiro atoms. The normalized spacial score (nSPS) is 13.8. The maximum absolute atomic E-state index is 4.73. The Labute approximate surface area is 118 Å². The Kier molecular flexibility index (Phi) is 2.62. The molecule has 1 aliphatic carbocycles. The molecular weight excluding hydrogens is 244 g/mol. The summed E-state index contributed by atoms with van der Waals surface area (Å²) in [4.78, 5) is 8.19. The van der Waals surface area contributed by atoms with Crippen LogP contribution in [0, 0.1) is 0 Å². The largest absolute Gasteiger partial charge is 0.338 e. The van der Waals surface area contributed by atoms with Gasteiger partial charge in [-0.3, -0.25) is 0 Å². The number of H-pyrrole nitrogens is 1. The Bertz CT molecular complexity index is 783. The second-order valence-corrected chi connectivity index (χ2v) is 5.63. The van der Waals surface area contributed by atoms with E-state index in [1.165, 1.54) is 41.5 Å². The number of imidazole rings is 1. The number of benzene rings is 2. The number of aryl methyl sites for hydroxylation is 3. The standard InChI is InChI=1S/C18H18N2/c1-2-12-6-9-16-17(10-12)20-18(19-16)15-8-7-13-4-3-5-14(13)11-15/h6-11H,2-5H2,1H3,(H,19,20). The van der Waals surface area contributed by atoms with Crippen LogP contribution in [-0.2, 0) is 19.3 Å². The zero-order valence-electron chi connectivity index (χ0n) is 11.7. The smallest absolute Gasteiger partial charge is 0.138 e. The molecule has 0 saturated carbocycles. The number of nitrogens with one attached hydrogen (secondary N) is 1. The number of aromatic amines is 1. The number of nitrogens with zero attached hydrogens (tertiary/aromatic N) is 1. The lowest BCUT2D eigenvalue weighted by atomic mass is 10.1. The lowest BCUT2D eigenvalue weighted by Crippen LogP contribution is -1.85. The maximum atomic E-state index is 4.73. The quantitative estimate of drug-likeness (QED) is 0.733. The summed E-state index contributed by atoms with van der Waals surface area (Å²) in [5.41, 5.74) is 7.76. The fourth-order valence-corrected chi connectivity index (χ4v) is 3.13. The van der Waals surface area contributed by atoms with E-state index in [-0.39, 0.29) is 0 Å². The first-order valence-electron chi connectivity index (χ1n) is 7.44. The van der Waals surface area contributed by atoms with Gasteiger partial charge < -0.3 is 4.98 Å². The fraction of sp³-hybridized carbons (Fsp3) is 0.278. The van der Waals surface area contributed by atoms with Crippen molar-refractivity contribution < 1.29 is 0 Å². The molecule has 0 saturated heterocycles. The summed E-state index contributed by atoms with van der Waals surface area (Å²) in [6.45, 7) is 2.18. The van der Waals surface area contributed by atoms with Crippen molar-refractivity contribution >= 4 is 11.0 Å². The van der Waals surface area contributed by atoms with Crippen LogP contribution in [0.5, 0.6) is 0 Å². The van der Waals surface area contributed by atoms with Gasteiger partial charge >= 0.3 is 0 Å². The Morgan fingerprint density at radius 3 is 2.85 bits per heavy atom. The van der Waals surface area contributed by atoms with E-state index in [9.17, 15) is 0 Å². The number of fused-ring (bicyclic) bond motifs is 2. The summed E-state index contributed by atoms with van der Waals surface area (Å²) >= 11 is 0. The van der Waals surface area contributed by atoms with E-state index in [0.29, 0.717) is 0 Å². The molecule has 1 heterocycles. The topological polar surface area (TPSA) is 28.7 Å². The fourth-order valence-electron chi connectivity index (χ4n) is 3.13. The van der Waals surface area contributed by atoms with Gasteiger partial charge in [-0.05, 0) is 60.6 Å². The molecule has 20 heavy (non-hydrogen) atoms. The van der Waals surface area contributed by atoms with E-state index in [1.54, 1.807) is 0 Å². The third-order valence-electron chi connectivity index (χ3n) is 4.33. The summed E-state index contributed by atoms with van der Waals surface area (Å²) in [6, 6.07) is 13.3. The van der Waals surface area contributed by atoms with E-state index >= 15 is 0 Å². The number of rotatable bonds is 2. The third-order valence-corrected chi connectivity index (χ3v) is 4.33. The van der Waals surface area contributed by atoms with Gasteiger partial charge in [0.05, 0.1) is 11.0 Å². The van der Waals surface area contributed by atoms with Crippen molar-refractivity contribution in [3.8, 4) is 11.4 Å². The summed E-state index contributed by atoms with van der Waals surface area (Å²) in [5, 5.41) is 0. The highest BCUT2D eigenvalue weighted by Gasteiger charge is 2.13. The molecular formula is C18H18N2. The minimum absolute atomic E-state index is 0.989. The third kappa shape index (κ3) is 1.83. The van der Waals surface area contributed by atoms with Crippen molar-refractivity contribution in [2.75, 3.05) is 0 Å². The van der Waals surface area contributed by atoms with Gasteiger partial charge in [0.2, 0.25) is 0 Å². The van der Waals surface area contributed by atoms with Crippen LogP contribution in [0.3, 0.4) is 0 Å². The van der Waals surface area contributed by atoms with Gasteiger partial charge in [0.1, 0.15) is 5.82 Å². The molecule has 0 bridgehead atoms. The van der Waals surface area contributed by atoms with Crippen LogP contribution in [0.15, 0.2) is 36.4 Å². The molecule has 2 aromatic carbocycles. The van der Waals surface area contributed by atoms with Crippen molar-refractivity contribution in [2.24, 2.45) is 0 Å². The van der Waals surface area contributed by atoms with Gasteiger partial charge in [-0.2, -0.15) is 0 Å². The molecule has 0 radical (unpaired) electrons. The minimum Gasteiger partial charge on any atom is -0.338 e. The summed E-state index contributed by atoms with van der Waals surface area (Å²) in [6.07, 6.45) is 4.79. The zero-order valence-corrected chi connectivity index (χ0v) is 11.7. The lowest BCUT2D eigenvalue weighted by Gasteiger charge is -2.01. The molecule has 0 unspecified atom stereocenters. The Morgan fingerprint density at radius 2 is 1.95 bits per heavy atom. The average Bonchev–Trinajstić information content (AvgIpc) is 3.11. The van der Waals surface area contributed by atoms with E-state index in [1.807, 2.05) is 0 Å². The van der Waals surface area contributed by atoms with Crippen molar-refractivity contribution in [2.45, 2.75) is 32.6 Å². The van der Waals surface area contributed by atoms with Gasteiger partial charge in [-0.1, -0.05) is 25.1 Å². The first-order chi connectivity index (χ1) is 9.83. The van der Waals surface area contributed by atoms with E-state index < -0.39 is 0 Å². The zero-order chi connectivity index (χ0) is 13.5.